The van der Waals surface area contributed by atoms with E-state index in [2.05, 4.69) is 0 Å². The summed E-state index contributed by atoms with van der Waals surface area (Å²) < 4.78 is 5.15. The van der Waals surface area contributed by atoms with Crippen molar-refractivity contribution in [1.82, 2.24) is 0 Å². The molecule has 0 aromatic heterocycles. The summed E-state index contributed by atoms with van der Waals surface area (Å²) in [5.74, 6) is -0.937. The number of hydrogen-bond acceptors (Lipinski definition) is 4. The van der Waals surface area contributed by atoms with Crippen LogP contribution in [0.2, 0.25) is 0 Å². The first-order valence-corrected chi connectivity index (χ1v) is 5.41. The predicted octanol–water partition coefficient (Wildman–Crippen LogP) is 0.581. The molecule has 1 heterocycles. The van der Waals surface area contributed by atoms with E-state index in [0.717, 1.165) is 5.69 Å². The highest BCUT2D eigenvalue weighted by atomic mass is 16.5. The van der Waals surface area contributed by atoms with Gasteiger partial charge in [-0.05, 0) is 24.3 Å². The van der Waals surface area contributed by atoms with Crippen LogP contribution in [0.25, 0.3) is 0 Å². The first-order valence-electron chi connectivity index (χ1n) is 5.41. The van der Waals surface area contributed by atoms with Gasteiger partial charge < -0.3 is 19.8 Å². The van der Waals surface area contributed by atoms with E-state index in [1.54, 1.807) is 31.4 Å². The average molecular weight is 237 g/mol. The minimum absolute atomic E-state index is 0.186. The van der Waals surface area contributed by atoms with Gasteiger partial charge in [0.1, 0.15) is 6.10 Å². The molecule has 1 aromatic rings. The van der Waals surface area contributed by atoms with E-state index in [1.807, 2.05) is 4.90 Å². The van der Waals surface area contributed by atoms with Gasteiger partial charge in [-0.2, -0.15) is 0 Å². The number of ether oxygens (including phenoxy) is 1. The minimum atomic E-state index is -0.937. The number of nitrogens with zero attached hydrogens (tertiary/aromatic N) is 1. The standard InChI is InChI=1S/C12H15NO4/c1-17-11-7-13(6-10(11)14)9-4-2-8(3-5-9)12(15)16/h2-5,10-11,14H,6-7H2,1H3,(H,15,16)/t10-,11-/m0/s1. The van der Waals surface area contributed by atoms with Crippen LogP contribution in [-0.4, -0.2) is 48.6 Å². The number of aromatic carboxylic acids is 1. The maximum absolute atomic E-state index is 10.7. The van der Waals surface area contributed by atoms with E-state index in [4.69, 9.17) is 9.84 Å². The van der Waals surface area contributed by atoms with Crippen LogP contribution in [0.3, 0.4) is 0 Å². The Balaban J connectivity index is 2.11. The van der Waals surface area contributed by atoms with Gasteiger partial charge in [0.15, 0.2) is 0 Å². The molecule has 1 aromatic carbocycles. The van der Waals surface area contributed by atoms with Crippen LogP contribution in [-0.2, 0) is 4.74 Å². The lowest BCUT2D eigenvalue weighted by atomic mass is 10.2. The fourth-order valence-corrected chi connectivity index (χ4v) is 2.01. The third kappa shape index (κ3) is 2.40. The predicted molar refractivity (Wildman–Crippen MR) is 62.4 cm³/mol. The highest BCUT2D eigenvalue weighted by Crippen LogP contribution is 2.22. The summed E-state index contributed by atoms with van der Waals surface area (Å²) in [5, 5.41) is 18.5. The maximum Gasteiger partial charge on any atom is 0.335 e. The van der Waals surface area contributed by atoms with Crippen molar-refractivity contribution in [2.75, 3.05) is 25.1 Å². The number of anilines is 1. The molecule has 1 aliphatic heterocycles. The zero-order valence-corrected chi connectivity index (χ0v) is 9.54. The van der Waals surface area contributed by atoms with Crippen molar-refractivity contribution in [3.63, 3.8) is 0 Å². The Hall–Kier alpha value is -1.59. The Morgan fingerprint density at radius 3 is 2.47 bits per heavy atom. The van der Waals surface area contributed by atoms with Gasteiger partial charge in [-0.1, -0.05) is 0 Å². The highest BCUT2D eigenvalue weighted by Gasteiger charge is 2.31. The normalized spacial score (nSPS) is 24.0. The Bertz CT molecular complexity index is 403. The number of benzene rings is 1. The summed E-state index contributed by atoms with van der Waals surface area (Å²) >= 11 is 0. The summed E-state index contributed by atoms with van der Waals surface area (Å²) in [4.78, 5) is 12.7. The van der Waals surface area contributed by atoms with E-state index >= 15 is 0 Å². The molecule has 5 nitrogen and oxygen atoms in total. The molecule has 0 spiro atoms. The largest absolute Gasteiger partial charge is 0.478 e. The van der Waals surface area contributed by atoms with E-state index < -0.39 is 12.1 Å². The Kier molecular flexibility index (Phi) is 3.31. The number of β-amino-alcohol motifs (C(OH)–C–C–N with tert-alkyl or cyclic N) is 1. The second-order valence-electron chi connectivity index (χ2n) is 4.10. The number of hydrogen-bond donors (Lipinski definition) is 2. The molecule has 0 saturated carbocycles. The van der Waals surface area contributed by atoms with Crippen molar-refractivity contribution in [3.8, 4) is 0 Å². The Morgan fingerprint density at radius 2 is 2.00 bits per heavy atom. The van der Waals surface area contributed by atoms with Gasteiger partial charge in [-0.15, -0.1) is 0 Å². The maximum atomic E-state index is 10.7. The van der Waals surface area contributed by atoms with Gasteiger partial charge in [-0.3, -0.25) is 0 Å². The van der Waals surface area contributed by atoms with Gasteiger partial charge in [0.25, 0.3) is 0 Å². The minimum Gasteiger partial charge on any atom is -0.478 e. The fourth-order valence-electron chi connectivity index (χ4n) is 2.01. The zero-order chi connectivity index (χ0) is 12.4. The number of carboxylic acid groups (broad SMARTS) is 1. The van der Waals surface area contributed by atoms with Crippen LogP contribution in [0.15, 0.2) is 24.3 Å². The van der Waals surface area contributed by atoms with E-state index in [9.17, 15) is 9.90 Å². The number of carboxylic acids is 1. The van der Waals surface area contributed by atoms with Crippen LogP contribution in [0.1, 0.15) is 10.4 Å². The molecule has 2 atom stereocenters. The van der Waals surface area contributed by atoms with Crippen molar-refractivity contribution in [2.45, 2.75) is 12.2 Å². The smallest absolute Gasteiger partial charge is 0.335 e. The Morgan fingerprint density at radius 1 is 1.35 bits per heavy atom. The molecular weight excluding hydrogens is 222 g/mol. The number of carbonyl (C=O) groups is 1. The van der Waals surface area contributed by atoms with Gasteiger partial charge in [-0.25, -0.2) is 4.79 Å². The molecule has 17 heavy (non-hydrogen) atoms. The van der Waals surface area contributed by atoms with E-state index in [0.29, 0.717) is 13.1 Å². The van der Waals surface area contributed by atoms with Gasteiger partial charge >= 0.3 is 5.97 Å². The van der Waals surface area contributed by atoms with Gasteiger partial charge in [0, 0.05) is 25.9 Å². The monoisotopic (exact) mass is 237 g/mol. The first-order chi connectivity index (χ1) is 8.11. The molecule has 92 valence electrons. The van der Waals surface area contributed by atoms with Crippen molar-refractivity contribution in [1.29, 1.82) is 0 Å². The number of rotatable bonds is 3. The summed E-state index contributed by atoms with van der Waals surface area (Å²) in [6, 6.07) is 6.61. The molecule has 1 fully saturated rings. The lowest BCUT2D eigenvalue weighted by Crippen LogP contribution is -2.25. The first kappa shape index (κ1) is 11.9. The molecule has 0 aliphatic carbocycles. The summed E-state index contributed by atoms with van der Waals surface area (Å²) in [6.07, 6.45) is -0.687. The molecule has 5 heteroatoms. The van der Waals surface area contributed by atoms with Crippen LogP contribution >= 0.6 is 0 Å². The highest BCUT2D eigenvalue weighted by molar-refractivity contribution is 5.88. The SMILES string of the molecule is CO[C@H]1CN(c2ccc(C(=O)O)cc2)C[C@@H]1O. The lowest BCUT2D eigenvalue weighted by molar-refractivity contribution is 0.0217. The van der Waals surface area contributed by atoms with Crippen LogP contribution < -0.4 is 4.90 Å². The van der Waals surface area contributed by atoms with Crippen molar-refractivity contribution >= 4 is 11.7 Å². The molecule has 2 rings (SSSR count). The Labute approximate surface area is 99.2 Å². The number of aliphatic hydroxyl groups excluding tert-OH is 1. The summed E-state index contributed by atoms with van der Waals surface area (Å²) in [5.41, 5.74) is 1.16. The molecule has 1 saturated heterocycles. The average Bonchev–Trinajstić information content (AvgIpc) is 2.70. The number of methoxy groups -OCH3 is 1. The van der Waals surface area contributed by atoms with Crippen molar-refractivity contribution < 1.29 is 19.7 Å². The molecule has 2 N–H and O–H groups in total. The second-order valence-corrected chi connectivity index (χ2v) is 4.10. The topological polar surface area (TPSA) is 70.0 Å². The van der Waals surface area contributed by atoms with E-state index in [1.165, 1.54) is 0 Å². The fraction of sp³-hybridized carbons (Fsp3) is 0.417. The molecular formula is C12H15NO4. The lowest BCUT2D eigenvalue weighted by Gasteiger charge is -2.17. The zero-order valence-electron chi connectivity index (χ0n) is 9.54. The second kappa shape index (κ2) is 4.73. The molecule has 0 radical (unpaired) electrons. The third-order valence-corrected chi connectivity index (χ3v) is 3.02. The van der Waals surface area contributed by atoms with Crippen molar-refractivity contribution in [3.05, 3.63) is 29.8 Å². The quantitative estimate of drug-likeness (QED) is 0.804. The van der Waals surface area contributed by atoms with Crippen LogP contribution in [0, 0.1) is 0 Å². The summed E-state index contributed by atoms with van der Waals surface area (Å²) in [7, 11) is 1.57. The third-order valence-electron chi connectivity index (χ3n) is 3.02. The van der Waals surface area contributed by atoms with Crippen LogP contribution in [0.5, 0.6) is 0 Å². The molecule has 0 amide bonds. The molecule has 0 unspecified atom stereocenters. The van der Waals surface area contributed by atoms with Gasteiger partial charge in [0.05, 0.1) is 11.7 Å². The molecule has 1 aliphatic rings. The van der Waals surface area contributed by atoms with E-state index in [-0.39, 0.29) is 11.7 Å². The summed E-state index contributed by atoms with van der Waals surface area (Å²) in [6.45, 7) is 1.12. The molecule has 0 bridgehead atoms. The van der Waals surface area contributed by atoms with Gasteiger partial charge in [0.2, 0.25) is 0 Å². The van der Waals surface area contributed by atoms with Crippen molar-refractivity contribution in [2.24, 2.45) is 0 Å². The van der Waals surface area contributed by atoms with Crippen LogP contribution in [0.4, 0.5) is 5.69 Å². The number of aliphatic hydroxyl groups is 1.